The molecule has 0 aromatic heterocycles. The highest BCUT2D eigenvalue weighted by Gasteiger charge is 2.24. The van der Waals surface area contributed by atoms with Crippen LogP contribution in [0.4, 0.5) is 0 Å². The Hall–Kier alpha value is -2.24. The highest BCUT2D eigenvalue weighted by atomic mass is 16.7. The monoisotopic (exact) mass is 341 g/mol. The average Bonchev–Trinajstić information content (AvgIpc) is 3.11. The molecule has 0 N–H and O–H groups in total. The molecule has 5 heteroatoms. The summed E-state index contributed by atoms with van der Waals surface area (Å²) in [5.41, 5.74) is 2.49. The van der Waals surface area contributed by atoms with Crippen molar-refractivity contribution < 1.29 is 18.9 Å². The first-order valence-electron chi connectivity index (χ1n) is 8.66. The van der Waals surface area contributed by atoms with Gasteiger partial charge in [0.2, 0.25) is 12.5 Å². The molecule has 2 aliphatic rings. The maximum Gasteiger partial charge on any atom is 0.231 e. The summed E-state index contributed by atoms with van der Waals surface area (Å²) >= 11 is 0. The predicted molar refractivity (Wildman–Crippen MR) is 94.3 cm³/mol. The summed E-state index contributed by atoms with van der Waals surface area (Å²) in [6.45, 7) is 3.72. The minimum atomic E-state index is 0.229. The molecule has 1 fully saturated rings. The van der Waals surface area contributed by atoms with Crippen molar-refractivity contribution >= 4 is 0 Å². The number of nitrogens with zero attached hydrogens (tertiary/aromatic N) is 1. The fourth-order valence-electron chi connectivity index (χ4n) is 3.46. The number of fused-ring (bicyclic) bond motifs is 1. The SMILES string of the molecule is COc1cc(CN2CCO[C@H](Cc3ccccc3)C2)cc2c1OCO2. The van der Waals surface area contributed by atoms with Crippen LogP contribution in [0.1, 0.15) is 11.1 Å². The van der Waals surface area contributed by atoms with Gasteiger partial charge in [-0.05, 0) is 29.7 Å². The molecule has 5 nitrogen and oxygen atoms in total. The third-order valence-corrected chi connectivity index (χ3v) is 4.65. The molecular weight excluding hydrogens is 318 g/mol. The van der Waals surface area contributed by atoms with Crippen molar-refractivity contribution in [2.45, 2.75) is 19.1 Å². The van der Waals surface area contributed by atoms with Crippen molar-refractivity contribution in [3.05, 3.63) is 53.6 Å². The Morgan fingerprint density at radius 2 is 2.00 bits per heavy atom. The average molecular weight is 341 g/mol. The quantitative estimate of drug-likeness (QED) is 0.836. The van der Waals surface area contributed by atoms with Gasteiger partial charge in [0, 0.05) is 19.6 Å². The summed E-state index contributed by atoms with van der Waals surface area (Å²) < 4.78 is 22.4. The van der Waals surface area contributed by atoms with Gasteiger partial charge in [0.1, 0.15) is 0 Å². The highest BCUT2D eigenvalue weighted by molar-refractivity contribution is 5.55. The van der Waals surface area contributed by atoms with Crippen molar-refractivity contribution in [2.24, 2.45) is 0 Å². The van der Waals surface area contributed by atoms with Crippen LogP contribution >= 0.6 is 0 Å². The van der Waals surface area contributed by atoms with E-state index in [2.05, 4.69) is 29.2 Å². The molecule has 2 aliphatic heterocycles. The van der Waals surface area contributed by atoms with Crippen LogP contribution in [0.2, 0.25) is 0 Å². The second-order valence-electron chi connectivity index (χ2n) is 6.45. The summed E-state index contributed by atoms with van der Waals surface area (Å²) in [7, 11) is 1.66. The Morgan fingerprint density at radius 1 is 1.12 bits per heavy atom. The molecule has 0 amide bonds. The molecule has 25 heavy (non-hydrogen) atoms. The highest BCUT2D eigenvalue weighted by Crippen LogP contribution is 2.42. The lowest BCUT2D eigenvalue weighted by Crippen LogP contribution is -2.42. The number of methoxy groups -OCH3 is 1. The molecule has 0 unspecified atom stereocenters. The molecule has 0 bridgehead atoms. The van der Waals surface area contributed by atoms with Gasteiger partial charge in [-0.15, -0.1) is 0 Å². The Kier molecular flexibility index (Phi) is 4.76. The molecule has 0 radical (unpaired) electrons. The van der Waals surface area contributed by atoms with E-state index in [4.69, 9.17) is 18.9 Å². The Bertz CT molecular complexity index is 719. The summed E-state index contributed by atoms with van der Waals surface area (Å²) in [6, 6.07) is 14.6. The molecule has 132 valence electrons. The minimum absolute atomic E-state index is 0.229. The number of benzene rings is 2. The van der Waals surface area contributed by atoms with E-state index in [1.165, 1.54) is 11.1 Å². The van der Waals surface area contributed by atoms with Crippen LogP contribution in [0.5, 0.6) is 17.2 Å². The van der Waals surface area contributed by atoms with Crippen LogP contribution in [-0.4, -0.2) is 44.6 Å². The number of rotatable bonds is 5. The molecule has 1 saturated heterocycles. The molecule has 2 aromatic rings. The smallest absolute Gasteiger partial charge is 0.231 e. The van der Waals surface area contributed by atoms with Crippen molar-refractivity contribution in [1.29, 1.82) is 0 Å². The van der Waals surface area contributed by atoms with Crippen LogP contribution in [0.25, 0.3) is 0 Å². The summed E-state index contributed by atoms with van der Waals surface area (Å²) in [6.07, 6.45) is 1.17. The normalized spacial score (nSPS) is 19.8. The van der Waals surface area contributed by atoms with E-state index in [9.17, 15) is 0 Å². The van der Waals surface area contributed by atoms with Gasteiger partial charge in [-0.1, -0.05) is 30.3 Å². The molecule has 2 aromatic carbocycles. The van der Waals surface area contributed by atoms with E-state index in [1.54, 1.807) is 7.11 Å². The molecule has 0 aliphatic carbocycles. The molecule has 0 saturated carbocycles. The van der Waals surface area contributed by atoms with Crippen LogP contribution in [0, 0.1) is 0 Å². The van der Waals surface area contributed by atoms with Crippen molar-refractivity contribution in [1.82, 2.24) is 4.90 Å². The number of hydrogen-bond donors (Lipinski definition) is 0. The molecular formula is C20H23NO4. The van der Waals surface area contributed by atoms with Gasteiger partial charge in [0.05, 0.1) is 19.8 Å². The molecule has 0 spiro atoms. The standard InChI is InChI=1S/C20H23NO4/c1-22-18-10-16(11-19-20(18)25-14-24-19)12-21-7-8-23-17(13-21)9-15-5-3-2-4-6-15/h2-6,10-11,17H,7-9,12-14H2,1H3/t17-/m1/s1. The lowest BCUT2D eigenvalue weighted by atomic mass is 10.1. The summed E-state index contributed by atoms with van der Waals surface area (Å²) in [5.74, 6) is 2.21. The van der Waals surface area contributed by atoms with Gasteiger partial charge < -0.3 is 18.9 Å². The van der Waals surface area contributed by atoms with Gasteiger partial charge in [-0.3, -0.25) is 4.90 Å². The van der Waals surface area contributed by atoms with Gasteiger partial charge in [0.15, 0.2) is 11.5 Å². The van der Waals surface area contributed by atoms with Gasteiger partial charge in [0.25, 0.3) is 0 Å². The third-order valence-electron chi connectivity index (χ3n) is 4.65. The predicted octanol–water partition coefficient (Wildman–Crippen LogP) is 2.87. The number of hydrogen-bond acceptors (Lipinski definition) is 5. The first-order valence-corrected chi connectivity index (χ1v) is 8.66. The lowest BCUT2D eigenvalue weighted by molar-refractivity contribution is -0.0305. The largest absolute Gasteiger partial charge is 0.493 e. The number of ether oxygens (including phenoxy) is 4. The second kappa shape index (κ2) is 7.33. The third kappa shape index (κ3) is 3.72. The van der Waals surface area contributed by atoms with E-state index in [0.717, 1.165) is 44.2 Å². The Morgan fingerprint density at radius 3 is 2.84 bits per heavy atom. The van der Waals surface area contributed by atoms with E-state index < -0.39 is 0 Å². The summed E-state index contributed by atoms with van der Waals surface area (Å²) in [5, 5.41) is 0. The van der Waals surface area contributed by atoms with E-state index >= 15 is 0 Å². The molecule has 1 atom stereocenters. The molecule has 4 rings (SSSR count). The maximum atomic E-state index is 5.96. The Balaban J connectivity index is 1.42. The van der Waals surface area contributed by atoms with Crippen LogP contribution < -0.4 is 14.2 Å². The van der Waals surface area contributed by atoms with E-state index in [1.807, 2.05) is 18.2 Å². The van der Waals surface area contributed by atoms with Gasteiger partial charge in [-0.25, -0.2) is 0 Å². The van der Waals surface area contributed by atoms with Gasteiger partial charge >= 0.3 is 0 Å². The van der Waals surface area contributed by atoms with Crippen LogP contribution in [0.3, 0.4) is 0 Å². The van der Waals surface area contributed by atoms with Crippen molar-refractivity contribution in [2.75, 3.05) is 33.6 Å². The molecule has 2 heterocycles. The van der Waals surface area contributed by atoms with Crippen molar-refractivity contribution in [3.63, 3.8) is 0 Å². The minimum Gasteiger partial charge on any atom is -0.493 e. The zero-order valence-corrected chi connectivity index (χ0v) is 14.4. The van der Waals surface area contributed by atoms with Crippen molar-refractivity contribution in [3.8, 4) is 17.2 Å². The van der Waals surface area contributed by atoms with Crippen LogP contribution in [-0.2, 0) is 17.7 Å². The van der Waals surface area contributed by atoms with E-state index in [-0.39, 0.29) is 12.9 Å². The fourth-order valence-corrected chi connectivity index (χ4v) is 3.46. The zero-order valence-electron chi connectivity index (χ0n) is 14.4. The Labute approximate surface area is 148 Å². The lowest BCUT2D eigenvalue weighted by Gasteiger charge is -2.33. The van der Waals surface area contributed by atoms with E-state index in [0.29, 0.717) is 5.75 Å². The first kappa shape index (κ1) is 16.2. The fraction of sp³-hybridized carbons (Fsp3) is 0.400. The zero-order chi connectivity index (χ0) is 17.1. The van der Waals surface area contributed by atoms with Gasteiger partial charge in [-0.2, -0.15) is 0 Å². The topological polar surface area (TPSA) is 40.2 Å². The second-order valence-corrected chi connectivity index (χ2v) is 6.45. The maximum absolute atomic E-state index is 5.96. The summed E-state index contributed by atoms with van der Waals surface area (Å²) in [4.78, 5) is 2.42. The van der Waals surface area contributed by atoms with Crippen LogP contribution in [0.15, 0.2) is 42.5 Å². The number of morpholine rings is 1. The first-order chi connectivity index (χ1) is 12.3.